The maximum atomic E-state index is 10.8. The van der Waals surface area contributed by atoms with Crippen molar-refractivity contribution in [2.24, 2.45) is 0 Å². The van der Waals surface area contributed by atoms with E-state index in [0.717, 1.165) is 10.5 Å². The Hall–Kier alpha value is -1.95. The number of hydrogen-bond acceptors (Lipinski definition) is 4. The lowest BCUT2D eigenvalue weighted by Gasteiger charge is -2.09. The van der Waals surface area contributed by atoms with Crippen molar-refractivity contribution in [1.82, 2.24) is 10.2 Å². The topological polar surface area (TPSA) is 75.2 Å². The molecule has 18 heavy (non-hydrogen) atoms. The number of methoxy groups -OCH3 is 1. The fourth-order valence-corrected chi connectivity index (χ4v) is 2.29. The number of hydrogen-bond donors (Lipinski definition) is 2. The molecule has 0 aliphatic rings. The molecule has 0 saturated carbocycles. The number of aromatic nitrogens is 2. The molecule has 0 unspecified atom stereocenters. The van der Waals surface area contributed by atoms with E-state index in [1.54, 1.807) is 18.9 Å². The molecule has 5 nitrogen and oxygen atoms in total. The van der Waals surface area contributed by atoms with Crippen LogP contribution < -0.4 is 4.74 Å². The molecule has 94 valence electrons. The molecule has 0 aliphatic heterocycles. The maximum Gasteiger partial charge on any atom is 0.353 e. The number of H-pyrrole nitrogens is 1. The first-order chi connectivity index (χ1) is 8.67. The summed E-state index contributed by atoms with van der Waals surface area (Å²) in [4.78, 5) is 11.8. The minimum absolute atomic E-state index is 0.0583. The number of aromatic amines is 1. The van der Waals surface area contributed by atoms with Gasteiger partial charge in [-0.15, -0.1) is 11.8 Å². The average molecular weight is 264 g/mol. The molecule has 2 N–H and O–H groups in total. The molecule has 0 atom stereocenters. The van der Waals surface area contributed by atoms with Crippen LogP contribution in [0.25, 0.3) is 11.3 Å². The van der Waals surface area contributed by atoms with Gasteiger partial charge in [-0.1, -0.05) is 6.07 Å². The molecule has 0 fully saturated rings. The Balaban J connectivity index is 2.57. The normalized spacial score (nSPS) is 10.3. The number of benzene rings is 1. The molecular weight excluding hydrogens is 252 g/mol. The molecule has 0 spiro atoms. The van der Waals surface area contributed by atoms with Gasteiger partial charge in [-0.05, 0) is 24.5 Å². The van der Waals surface area contributed by atoms with Gasteiger partial charge in [0, 0.05) is 4.90 Å². The molecule has 0 radical (unpaired) electrons. The molecule has 2 aromatic rings. The maximum absolute atomic E-state index is 10.8. The van der Waals surface area contributed by atoms with Crippen molar-refractivity contribution in [3.05, 3.63) is 30.0 Å². The van der Waals surface area contributed by atoms with Crippen LogP contribution in [0.2, 0.25) is 0 Å². The van der Waals surface area contributed by atoms with Crippen LogP contribution in [0.4, 0.5) is 0 Å². The molecule has 0 saturated heterocycles. The first-order valence-corrected chi connectivity index (χ1v) is 6.40. The standard InChI is InChI=1S/C12H12N2O3S/c1-17-9-4-3-5-10(18-2)11(9)7-6-8(12(15)16)14-13-7/h3-6H,1-2H3,(H,13,14)(H,15,16). The van der Waals surface area contributed by atoms with Crippen molar-refractivity contribution < 1.29 is 14.6 Å². The van der Waals surface area contributed by atoms with E-state index < -0.39 is 5.97 Å². The van der Waals surface area contributed by atoms with Gasteiger partial charge in [0.1, 0.15) is 11.4 Å². The predicted molar refractivity (Wildman–Crippen MR) is 69.3 cm³/mol. The SMILES string of the molecule is COc1cccc(SC)c1-c1cc(C(=O)O)[nH]n1. The van der Waals surface area contributed by atoms with Gasteiger partial charge < -0.3 is 9.84 Å². The van der Waals surface area contributed by atoms with Crippen LogP contribution >= 0.6 is 11.8 Å². The van der Waals surface area contributed by atoms with Gasteiger partial charge in [-0.2, -0.15) is 5.10 Å². The molecular formula is C12H12N2O3S. The number of thioether (sulfide) groups is 1. The van der Waals surface area contributed by atoms with E-state index in [-0.39, 0.29) is 5.69 Å². The van der Waals surface area contributed by atoms with E-state index in [2.05, 4.69) is 10.2 Å². The van der Waals surface area contributed by atoms with Crippen LogP contribution in [-0.2, 0) is 0 Å². The second kappa shape index (κ2) is 5.14. The number of nitrogens with zero attached hydrogens (tertiary/aromatic N) is 1. The molecule has 1 aromatic carbocycles. The Morgan fingerprint density at radius 1 is 1.50 bits per heavy atom. The first-order valence-electron chi connectivity index (χ1n) is 5.17. The van der Waals surface area contributed by atoms with Gasteiger partial charge in [-0.25, -0.2) is 4.79 Å². The summed E-state index contributed by atoms with van der Waals surface area (Å²) in [5.41, 5.74) is 1.42. The lowest BCUT2D eigenvalue weighted by molar-refractivity contribution is 0.0690. The van der Waals surface area contributed by atoms with Gasteiger partial charge in [0.05, 0.1) is 18.4 Å². The largest absolute Gasteiger partial charge is 0.496 e. The number of rotatable bonds is 4. The van der Waals surface area contributed by atoms with Gasteiger partial charge in [0.2, 0.25) is 0 Å². The van der Waals surface area contributed by atoms with Crippen LogP contribution in [0.5, 0.6) is 5.75 Å². The van der Waals surface area contributed by atoms with Crippen LogP contribution in [-0.4, -0.2) is 34.6 Å². The summed E-state index contributed by atoms with van der Waals surface area (Å²) in [6.45, 7) is 0. The number of ether oxygens (including phenoxy) is 1. The summed E-state index contributed by atoms with van der Waals surface area (Å²) in [6, 6.07) is 7.15. The summed E-state index contributed by atoms with van der Waals surface area (Å²) in [7, 11) is 1.58. The van der Waals surface area contributed by atoms with Crippen LogP contribution in [0.1, 0.15) is 10.5 Å². The van der Waals surface area contributed by atoms with Gasteiger partial charge >= 0.3 is 5.97 Å². The second-order valence-corrected chi connectivity index (χ2v) is 4.36. The van der Waals surface area contributed by atoms with E-state index in [9.17, 15) is 4.79 Å². The van der Waals surface area contributed by atoms with Crippen molar-refractivity contribution in [3.8, 4) is 17.0 Å². The average Bonchev–Trinajstić information content (AvgIpc) is 2.87. The summed E-state index contributed by atoms with van der Waals surface area (Å²) in [5, 5.41) is 15.4. The number of nitrogens with one attached hydrogen (secondary N) is 1. The van der Waals surface area contributed by atoms with E-state index >= 15 is 0 Å². The zero-order chi connectivity index (χ0) is 13.1. The Labute approximate surface area is 108 Å². The number of carboxylic acid groups (broad SMARTS) is 1. The lowest BCUT2D eigenvalue weighted by Crippen LogP contribution is -1.95. The van der Waals surface area contributed by atoms with Crippen molar-refractivity contribution >= 4 is 17.7 Å². The monoisotopic (exact) mass is 264 g/mol. The Morgan fingerprint density at radius 3 is 2.83 bits per heavy atom. The van der Waals surface area contributed by atoms with Crippen molar-refractivity contribution in [1.29, 1.82) is 0 Å². The highest BCUT2D eigenvalue weighted by atomic mass is 32.2. The Bertz CT molecular complexity index is 558. The molecule has 0 bridgehead atoms. The van der Waals surface area contributed by atoms with E-state index in [1.165, 1.54) is 6.07 Å². The highest BCUT2D eigenvalue weighted by molar-refractivity contribution is 7.98. The quantitative estimate of drug-likeness (QED) is 0.830. The van der Waals surface area contributed by atoms with E-state index in [4.69, 9.17) is 9.84 Å². The third kappa shape index (κ3) is 2.19. The molecule has 1 heterocycles. The highest BCUT2D eigenvalue weighted by Gasteiger charge is 2.16. The summed E-state index contributed by atoms with van der Waals surface area (Å²) in [6.07, 6.45) is 1.95. The van der Waals surface area contributed by atoms with Crippen molar-refractivity contribution in [2.75, 3.05) is 13.4 Å². The summed E-state index contributed by atoms with van der Waals surface area (Å²) >= 11 is 1.56. The zero-order valence-corrected chi connectivity index (χ0v) is 10.7. The molecule has 6 heteroatoms. The van der Waals surface area contributed by atoms with Gasteiger partial charge in [-0.3, -0.25) is 5.10 Å². The Morgan fingerprint density at radius 2 is 2.28 bits per heavy atom. The predicted octanol–water partition coefficient (Wildman–Crippen LogP) is 2.51. The van der Waals surface area contributed by atoms with Gasteiger partial charge in [0.25, 0.3) is 0 Å². The van der Waals surface area contributed by atoms with Crippen LogP contribution in [0.15, 0.2) is 29.2 Å². The van der Waals surface area contributed by atoms with Gasteiger partial charge in [0.15, 0.2) is 0 Å². The summed E-state index contributed by atoms with van der Waals surface area (Å²) < 4.78 is 5.30. The summed E-state index contributed by atoms with van der Waals surface area (Å²) in [5.74, 6) is -0.361. The number of carboxylic acids is 1. The lowest BCUT2D eigenvalue weighted by atomic mass is 10.1. The van der Waals surface area contributed by atoms with Crippen molar-refractivity contribution in [2.45, 2.75) is 4.90 Å². The first kappa shape index (κ1) is 12.5. The minimum atomic E-state index is -1.03. The van der Waals surface area contributed by atoms with E-state index in [1.807, 2.05) is 24.5 Å². The van der Waals surface area contributed by atoms with E-state index in [0.29, 0.717) is 11.4 Å². The number of aromatic carboxylic acids is 1. The molecule has 0 aliphatic carbocycles. The molecule has 0 amide bonds. The van der Waals surface area contributed by atoms with Crippen LogP contribution in [0, 0.1) is 0 Å². The minimum Gasteiger partial charge on any atom is -0.496 e. The fraction of sp³-hybridized carbons (Fsp3) is 0.167. The second-order valence-electron chi connectivity index (χ2n) is 3.51. The zero-order valence-electron chi connectivity index (χ0n) is 9.93. The highest BCUT2D eigenvalue weighted by Crippen LogP contribution is 2.36. The Kier molecular flexibility index (Phi) is 3.57. The third-order valence-corrected chi connectivity index (χ3v) is 3.27. The number of carbonyl (C=O) groups is 1. The smallest absolute Gasteiger partial charge is 0.353 e. The fourth-order valence-electron chi connectivity index (χ4n) is 1.66. The molecule has 2 rings (SSSR count). The van der Waals surface area contributed by atoms with Crippen molar-refractivity contribution in [3.63, 3.8) is 0 Å². The molecule has 1 aromatic heterocycles. The van der Waals surface area contributed by atoms with Crippen LogP contribution in [0.3, 0.4) is 0 Å². The third-order valence-electron chi connectivity index (χ3n) is 2.49.